The molecule has 0 aliphatic carbocycles. The van der Waals surface area contributed by atoms with Gasteiger partial charge in [0, 0.05) is 28.8 Å². The minimum Gasteiger partial charge on any atom is -0.497 e. The van der Waals surface area contributed by atoms with Crippen LogP contribution in [0.1, 0.15) is 18.2 Å². The highest BCUT2D eigenvalue weighted by Gasteiger charge is 2.38. The lowest BCUT2D eigenvalue weighted by molar-refractivity contribution is -0.0237. The molecule has 0 spiro atoms. The van der Waals surface area contributed by atoms with Crippen LogP contribution >= 0.6 is 7.75 Å². The minimum atomic E-state index is -4.27. The van der Waals surface area contributed by atoms with E-state index in [4.69, 9.17) is 19.5 Å². The first-order valence-electron chi connectivity index (χ1n) is 9.14. The molecule has 3 N–H and O–H groups in total. The maximum atomic E-state index is 12.4. The first-order valence-corrected chi connectivity index (χ1v) is 10.7. The average molecular weight is 452 g/mol. The van der Waals surface area contributed by atoms with Crippen molar-refractivity contribution in [2.45, 2.75) is 31.7 Å². The summed E-state index contributed by atoms with van der Waals surface area (Å²) in [6.45, 7) is 1.15. The van der Waals surface area contributed by atoms with Crippen LogP contribution in [0.3, 0.4) is 0 Å². The fraction of sp³-hybridized carbons (Fsp3) is 0.412. The molecular weight excluding hydrogens is 431 g/mol. The van der Waals surface area contributed by atoms with Crippen LogP contribution in [0.2, 0.25) is 0 Å². The smallest absolute Gasteiger partial charge is 0.430 e. The summed E-state index contributed by atoms with van der Waals surface area (Å²) < 4.78 is 29.4. The van der Waals surface area contributed by atoms with Gasteiger partial charge in [0.2, 0.25) is 0 Å². The van der Waals surface area contributed by atoms with Crippen molar-refractivity contribution in [1.82, 2.24) is 9.55 Å². The summed E-state index contributed by atoms with van der Waals surface area (Å²) in [6, 6.07) is 5.54. The molecule has 0 radical (unpaired) electrons. The lowest BCUT2D eigenvalue weighted by atomic mass is 10.1. The third kappa shape index (κ3) is 5.54. The predicted molar refractivity (Wildman–Crippen MR) is 110 cm³/mol. The number of hydrogen-bond acceptors (Lipinski definition) is 7. The molecule has 1 fully saturated rings. The molecule has 31 heavy (non-hydrogen) atoms. The highest BCUT2D eigenvalue weighted by molar-refractivity contribution is 7.54. The van der Waals surface area contributed by atoms with Gasteiger partial charge < -0.3 is 14.4 Å². The zero-order valence-corrected chi connectivity index (χ0v) is 17.6. The van der Waals surface area contributed by atoms with Crippen LogP contribution in [0.15, 0.2) is 45.2 Å². The standard InChI is InChI=1S/C17H21N6O7P/c1-10-8-23(17(25)19-16(10)24)15-7-13(20-22-18)14(30-15)9-29-31(26,27)21-11-3-5-12(28-2)6-4-11/h3-6,8,13-15H,7,9H2,1-2H3,(H,19,24,25)(H2,21,26,27)/t13-,14+,15+/m0/s1. The van der Waals surface area contributed by atoms with Gasteiger partial charge in [0.15, 0.2) is 0 Å². The zero-order valence-electron chi connectivity index (χ0n) is 16.7. The van der Waals surface area contributed by atoms with Crippen LogP contribution in [0.4, 0.5) is 5.69 Å². The molecule has 1 aliphatic heterocycles. The van der Waals surface area contributed by atoms with Gasteiger partial charge in [0.1, 0.15) is 12.0 Å². The molecular formula is C17H21N6O7P. The molecule has 14 heteroatoms. The van der Waals surface area contributed by atoms with E-state index in [1.807, 2.05) is 0 Å². The summed E-state index contributed by atoms with van der Waals surface area (Å²) >= 11 is 0. The van der Waals surface area contributed by atoms with Crippen LogP contribution in [-0.4, -0.2) is 40.3 Å². The number of aryl methyl sites for hydroxylation is 1. The number of anilines is 1. The number of rotatable bonds is 8. The molecule has 166 valence electrons. The van der Waals surface area contributed by atoms with Crippen molar-refractivity contribution in [3.05, 3.63) is 67.3 Å². The molecule has 1 saturated heterocycles. The van der Waals surface area contributed by atoms with E-state index in [-0.39, 0.29) is 13.0 Å². The van der Waals surface area contributed by atoms with Gasteiger partial charge in [0.25, 0.3) is 5.56 Å². The number of nitrogens with zero attached hydrogens (tertiary/aromatic N) is 4. The molecule has 2 heterocycles. The number of hydrogen-bond donors (Lipinski definition) is 3. The quantitative estimate of drug-likeness (QED) is 0.235. The average Bonchev–Trinajstić information content (AvgIpc) is 3.12. The lowest BCUT2D eigenvalue weighted by Gasteiger charge is -2.19. The Kier molecular flexibility index (Phi) is 6.84. The van der Waals surface area contributed by atoms with Gasteiger partial charge in [-0.25, -0.2) is 9.36 Å². The number of benzene rings is 1. The van der Waals surface area contributed by atoms with Crippen molar-refractivity contribution in [2.75, 3.05) is 18.8 Å². The van der Waals surface area contributed by atoms with E-state index in [0.717, 1.165) is 0 Å². The van der Waals surface area contributed by atoms with E-state index in [9.17, 15) is 19.0 Å². The summed E-state index contributed by atoms with van der Waals surface area (Å²) in [5, 5.41) is 6.02. The Morgan fingerprint density at radius 1 is 1.42 bits per heavy atom. The third-order valence-electron chi connectivity index (χ3n) is 4.63. The molecule has 3 rings (SSSR count). The summed E-state index contributed by atoms with van der Waals surface area (Å²) in [5.41, 5.74) is 8.25. The number of azide groups is 1. The number of methoxy groups -OCH3 is 1. The Bertz CT molecular complexity index is 1140. The van der Waals surface area contributed by atoms with E-state index < -0.39 is 37.4 Å². The van der Waals surface area contributed by atoms with Crippen molar-refractivity contribution in [3.8, 4) is 5.75 Å². The molecule has 0 bridgehead atoms. The summed E-state index contributed by atoms with van der Waals surface area (Å²) in [7, 11) is -2.77. The van der Waals surface area contributed by atoms with Crippen LogP contribution in [0, 0.1) is 6.92 Å². The second-order valence-electron chi connectivity index (χ2n) is 6.77. The number of ether oxygens (including phenoxy) is 2. The Hall–Kier alpha value is -3.08. The highest BCUT2D eigenvalue weighted by Crippen LogP contribution is 2.43. The number of H-pyrrole nitrogens is 1. The van der Waals surface area contributed by atoms with E-state index in [2.05, 4.69) is 20.1 Å². The predicted octanol–water partition coefficient (Wildman–Crippen LogP) is 2.05. The lowest BCUT2D eigenvalue weighted by Crippen LogP contribution is -2.33. The van der Waals surface area contributed by atoms with Gasteiger partial charge in [0.05, 0.1) is 25.9 Å². The molecule has 1 aromatic heterocycles. The fourth-order valence-corrected chi connectivity index (χ4v) is 3.95. The van der Waals surface area contributed by atoms with Gasteiger partial charge in [-0.15, -0.1) is 0 Å². The van der Waals surface area contributed by atoms with Gasteiger partial charge >= 0.3 is 13.4 Å². The van der Waals surface area contributed by atoms with Gasteiger partial charge in [-0.2, -0.15) is 0 Å². The SMILES string of the molecule is COc1ccc(NP(=O)(O)OC[C@H]2O[C@@H](n3cc(C)c(=O)[nH]c3=O)C[C@@H]2N=[N+]=[N-])cc1. The molecule has 2 aromatic rings. The minimum absolute atomic E-state index is 0.116. The van der Waals surface area contributed by atoms with Crippen molar-refractivity contribution in [3.63, 3.8) is 0 Å². The molecule has 13 nitrogen and oxygen atoms in total. The van der Waals surface area contributed by atoms with Gasteiger partial charge in [-0.05, 0) is 36.7 Å². The van der Waals surface area contributed by atoms with Crippen molar-refractivity contribution >= 4 is 13.4 Å². The highest BCUT2D eigenvalue weighted by atomic mass is 31.2. The van der Waals surface area contributed by atoms with Gasteiger partial charge in [-0.3, -0.25) is 24.0 Å². The topological polar surface area (TPSA) is 181 Å². The van der Waals surface area contributed by atoms with Crippen LogP contribution in [0.5, 0.6) is 5.75 Å². The first-order chi connectivity index (χ1) is 14.7. The number of aromatic nitrogens is 2. The molecule has 1 aliphatic rings. The van der Waals surface area contributed by atoms with Crippen molar-refractivity contribution < 1.29 is 23.5 Å². The maximum absolute atomic E-state index is 12.4. The Labute approximate surface area is 175 Å². The van der Waals surface area contributed by atoms with Crippen LogP contribution in [0.25, 0.3) is 10.4 Å². The van der Waals surface area contributed by atoms with E-state index >= 15 is 0 Å². The van der Waals surface area contributed by atoms with Crippen LogP contribution in [-0.2, 0) is 13.8 Å². The second-order valence-corrected chi connectivity index (χ2v) is 8.29. The molecule has 0 saturated carbocycles. The Morgan fingerprint density at radius 2 is 2.13 bits per heavy atom. The summed E-state index contributed by atoms with van der Waals surface area (Å²) in [5.74, 6) is 0.578. The Balaban J connectivity index is 1.70. The number of nitrogens with one attached hydrogen (secondary N) is 2. The molecule has 0 amide bonds. The van der Waals surface area contributed by atoms with Gasteiger partial charge in [-0.1, -0.05) is 5.11 Å². The van der Waals surface area contributed by atoms with E-state index in [0.29, 0.717) is 17.0 Å². The zero-order chi connectivity index (χ0) is 22.6. The molecule has 4 atom stereocenters. The normalized spacial score (nSPS) is 22.4. The number of aromatic amines is 1. The first kappa shape index (κ1) is 22.6. The molecule has 1 unspecified atom stereocenters. The molecule has 1 aromatic carbocycles. The van der Waals surface area contributed by atoms with Crippen molar-refractivity contribution in [1.29, 1.82) is 0 Å². The second kappa shape index (κ2) is 9.38. The summed E-state index contributed by atoms with van der Waals surface area (Å²) in [6.07, 6.45) is -0.284. The Morgan fingerprint density at radius 3 is 2.77 bits per heavy atom. The maximum Gasteiger partial charge on any atom is 0.430 e. The van der Waals surface area contributed by atoms with E-state index in [1.54, 1.807) is 24.3 Å². The van der Waals surface area contributed by atoms with Crippen LogP contribution < -0.4 is 21.1 Å². The third-order valence-corrected chi connectivity index (χ3v) is 5.67. The summed E-state index contributed by atoms with van der Waals surface area (Å²) in [4.78, 5) is 38.7. The van der Waals surface area contributed by atoms with Crippen molar-refractivity contribution in [2.24, 2.45) is 5.11 Å². The monoisotopic (exact) mass is 452 g/mol. The largest absolute Gasteiger partial charge is 0.497 e. The fourth-order valence-electron chi connectivity index (χ4n) is 3.06. The van der Waals surface area contributed by atoms with E-state index in [1.165, 1.54) is 24.8 Å².